The van der Waals surface area contributed by atoms with Crippen molar-refractivity contribution in [1.29, 1.82) is 0 Å². The topological polar surface area (TPSA) is 150 Å². The predicted molar refractivity (Wildman–Crippen MR) is 147 cm³/mol. The minimum Gasteiger partial charge on any atom is -0.404 e. The summed E-state index contributed by atoms with van der Waals surface area (Å²) < 4.78 is 15.6. The zero-order valence-electron chi connectivity index (χ0n) is 22.9. The first-order valence-electron chi connectivity index (χ1n) is 13.0. The van der Waals surface area contributed by atoms with Crippen molar-refractivity contribution >= 4 is 25.5 Å². The largest absolute Gasteiger partial charge is 0.524 e. The van der Waals surface area contributed by atoms with Gasteiger partial charge in [-0.2, -0.15) is 0 Å². The van der Waals surface area contributed by atoms with E-state index in [2.05, 4.69) is 37.4 Å². The van der Waals surface area contributed by atoms with Crippen LogP contribution in [0.1, 0.15) is 63.6 Å². The van der Waals surface area contributed by atoms with Crippen molar-refractivity contribution in [1.82, 2.24) is 9.80 Å². The standard InChI is InChI=1S/C28H38N3O7P/c1-19(32)31(25(26(29)33)17-20-10-14-23(15-11-20)38-39(35,36)37)24-7-5-6-16-30(27(24)34)18-21-8-12-22(13-9-21)28(2,3)4/h8-15,24-25H,5-7,16-18H2,1-4H3,(H2,29,33)(H2,35,36,37)/t24-,25-/m0/s1. The summed E-state index contributed by atoms with van der Waals surface area (Å²) in [6, 6.07) is 12.0. The molecule has 3 rings (SSSR count). The predicted octanol–water partition coefficient (Wildman–Crippen LogP) is 3.28. The molecule has 3 amide bonds. The number of carbonyl (C=O) groups excluding carboxylic acids is 3. The summed E-state index contributed by atoms with van der Waals surface area (Å²) in [5, 5.41) is 0. The number of nitrogens with zero attached hydrogens (tertiary/aromatic N) is 2. The molecule has 1 fully saturated rings. The van der Waals surface area contributed by atoms with Crippen LogP contribution >= 0.6 is 7.82 Å². The summed E-state index contributed by atoms with van der Waals surface area (Å²) in [5.41, 5.74) is 8.52. The van der Waals surface area contributed by atoms with Crippen LogP contribution in [0.15, 0.2) is 48.5 Å². The number of phosphoric ester groups is 1. The third kappa shape index (κ3) is 8.39. The van der Waals surface area contributed by atoms with E-state index >= 15 is 0 Å². The number of carbonyl (C=O) groups is 3. The number of benzene rings is 2. The number of rotatable bonds is 9. The van der Waals surface area contributed by atoms with Crippen molar-refractivity contribution in [3.05, 3.63) is 65.2 Å². The molecule has 2 aromatic rings. The van der Waals surface area contributed by atoms with E-state index in [0.717, 1.165) is 12.0 Å². The Kier molecular flexibility index (Phi) is 9.59. The molecule has 0 unspecified atom stereocenters. The molecule has 2 atom stereocenters. The SMILES string of the molecule is CC(=O)N([C@@H](Cc1ccc(OP(=O)(O)O)cc1)C(N)=O)[C@H]1CCCCN(Cc2ccc(C(C)(C)C)cc2)C1=O. The summed E-state index contributed by atoms with van der Waals surface area (Å²) in [6.07, 6.45) is 1.93. The minimum absolute atomic E-state index is 0.0147. The van der Waals surface area contributed by atoms with Gasteiger partial charge in [0.2, 0.25) is 17.7 Å². The van der Waals surface area contributed by atoms with Gasteiger partial charge in [0.15, 0.2) is 0 Å². The van der Waals surface area contributed by atoms with Gasteiger partial charge in [0.1, 0.15) is 17.8 Å². The Morgan fingerprint density at radius 2 is 1.67 bits per heavy atom. The second-order valence-electron chi connectivity index (χ2n) is 11.0. The molecule has 1 heterocycles. The molecular weight excluding hydrogens is 521 g/mol. The van der Waals surface area contributed by atoms with E-state index in [-0.39, 0.29) is 23.5 Å². The van der Waals surface area contributed by atoms with Gasteiger partial charge < -0.3 is 20.1 Å². The van der Waals surface area contributed by atoms with Gasteiger partial charge in [-0.1, -0.05) is 57.2 Å². The van der Waals surface area contributed by atoms with Crippen LogP contribution in [0.25, 0.3) is 0 Å². The maximum absolute atomic E-state index is 13.8. The molecule has 0 bridgehead atoms. The third-order valence-corrected chi connectivity index (χ3v) is 7.33. The van der Waals surface area contributed by atoms with E-state index in [1.54, 1.807) is 4.90 Å². The number of amides is 3. The minimum atomic E-state index is -4.71. The second-order valence-corrected chi connectivity index (χ2v) is 12.2. The lowest BCUT2D eigenvalue weighted by atomic mass is 9.87. The Morgan fingerprint density at radius 3 is 2.18 bits per heavy atom. The molecule has 1 aliphatic heterocycles. The van der Waals surface area contributed by atoms with Crippen LogP contribution in [-0.4, -0.2) is 55.9 Å². The van der Waals surface area contributed by atoms with Crippen LogP contribution in [0.4, 0.5) is 0 Å². The van der Waals surface area contributed by atoms with E-state index in [1.807, 2.05) is 12.1 Å². The number of phosphoric acid groups is 1. The Hall–Kier alpha value is -3.20. The van der Waals surface area contributed by atoms with Crippen LogP contribution in [0, 0.1) is 0 Å². The Morgan fingerprint density at radius 1 is 1.08 bits per heavy atom. The van der Waals surface area contributed by atoms with E-state index in [9.17, 15) is 18.9 Å². The highest BCUT2D eigenvalue weighted by molar-refractivity contribution is 7.46. The number of nitrogens with two attached hydrogens (primary N) is 1. The molecule has 4 N–H and O–H groups in total. The first kappa shape index (κ1) is 30.3. The molecule has 212 valence electrons. The van der Waals surface area contributed by atoms with Gasteiger partial charge in [0.25, 0.3) is 0 Å². The fourth-order valence-electron chi connectivity index (χ4n) is 4.87. The zero-order chi connectivity index (χ0) is 29.0. The highest BCUT2D eigenvalue weighted by Crippen LogP contribution is 2.37. The van der Waals surface area contributed by atoms with Crippen molar-refractivity contribution < 1.29 is 33.3 Å². The molecule has 11 heteroatoms. The van der Waals surface area contributed by atoms with E-state index in [0.29, 0.717) is 31.5 Å². The lowest BCUT2D eigenvalue weighted by molar-refractivity contribution is -0.149. The van der Waals surface area contributed by atoms with Crippen LogP contribution in [0.2, 0.25) is 0 Å². The molecule has 0 spiro atoms. The van der Waals surface area contributed by atoms with Crippen molar-refractivity contribution in [2.24, 2.45) is 5.73 Å². The highest BCUT2D eigenvalue weighted by Gasteiger charge is 2.39. The van der Waals surface area contributed by atoms with Gasteiger partial charge in [-0.3, -0.25) is 24.2 Å². The van der Waals surface area contributed by atoms with Crippen molar-refractivity contribution in [2.45, 2.75) is 77.4 Å². The molecule has 0 aromatic heterocycles. The molecule has 0 radical (unpaired) electrons. The number of primary amides is 1. The molecule has 2 aromatic carbocycles. The van der Waals surface area contributed by atoms with Gasteiger partial charge in [0.05, 0.1) is 0 Å². The van der Waals surface area contributed by atoms with Gasteiger partial charge in [-0.15, -0.1) is 0 Å². The molecule has 39 heavy (non-hydrogen) atoms. The Bertz CT molecular complexity index is 1220. The highest BCUT2D eigenvalue weighted by atomic mass is 31.2. The lowest BCUT2D eigenvalue weighted by Gasteiger charge is -2.36. The van der Waals surface area contributed by atoms with Crippen molar-refractivity contribution in [2.75, 3.05) is 6.54 Å². The van der Waals surface area contributed by atoms with Crippen LogP contribution in [0.5, 0.6) is 5.75 Å². The second kappa shape index (κ2) is 12.3. The fraction of sp³-hybridized carbons (Fsp3) is 0.464. The summed E-state index contributed by atoms with van der Waals surface area (Å²) in [7, 11) is -4.71. The van der Waals surface area contributed by atoms with Gasteiger partial charge >= 0.3 is 7.82 Å². The summed E-state index contributed by atoms with van der Waals surface area (Å²) in [6.45, 7) is 8.68. The monoisotopic (exact) mass is 559 g/mol. The first-order chi connectivity index (χ1) is 18.2. The van der Waals surface area contributed by atoms with E-state index in [1.165, 1.54) is 41.7 Å². The van der Waals surface area contributed by atoms with E-state index < -0.39 is 31.7 Å². The zero-order valence-corrected chi connectivity index (χ0v) is 23.8. The van der Waals surface area contributed by atoms with Gasteiger partial charge in [-0.05, 0) is 53.5 Å². The maximum atomic E-state index is 13.8. The fourth-order valence-corrected chi connectivity index (χ4v) is 5.27. The quantitative estimate of drug-likeness (QED) is 0.399. The van der Waals surface area contributed by atoms with Crippen LogP contribution in [0.3, 0.4) is 0 Å². The lowest BCUT2D eigenvalue weighted by Crippen LogP contribution is -2.57. The molecule has 0 aliphatic carbocycles. The molecule has 1 aliphatic rings. The van der Waals surface area contributed by atoms with Crippen LogP contribution < -0.4 is 10.3 Å². The number of hydrogen-bond acceptors (Lipinski definition) is 5. The van der Waals surface area contributed by atoms with Crippen molar-refractivity contribution in [3.63, 3.8) is 0 Å². The van der Waals surface area contributed by atoms with Crippen molar-refractivity contribution in [3.8, 4) is 5.75 Å². The average Bonchev–Trinajstić information content (AvgIpc) is 3.00. The van der Waals surface area contributed by atoms with E-state index in [4.69, 9.17) is 15.5 Å². The summed E-state index contributed by atoms with van der Waals surface area (Å²) in [5.74, 6) is -1.45. The Labute approximate surface area is 229 Å². The maximum Gasteiger partial charge on any atom is 0.524 e. The Balaban J connectivity index is 1.82. The van der Waals surface area contributed by atoms with Gasteiger partial charge in [0, 0.05) is 26.4 Å². The third-order valence-electron chi connectivity index (χ3n) is 6.89. The average molecular weight is 560 g/mol. The number of likely N-dealkylation sites (tertiary alicyclic amines) is 1. The molecule has 10 nitrogen and oxygen atoms in total. The molecule has 0 saturated carbocycles. The number of hydrogen-bond donors (Lipinski definition) is 3. The summed E-state index contributed by atoms with van der Waals surface area (Å²) in [4.78, 5) is 60.3. The smallest absolute Gasteiger partial charge is 0.404 e. The first-order valence-corrected chi connectivity index (χ1v) is 14.5. The molecular formula is C28H38N3O7P. The van der Waals surface area contributed by atoms with Gasteiger partial charge in [-0.25, -0.2) is 4.57 Å². The normalized spacial score (nSPS) is 17.3. The summed E-state index contributed by atoms with van der Waals surface area (Å²) >= 11 is 0. The molecule has 1 saturated heterocycles. The van der Waals surface area contributed by atoms with Crippen LogP contribution in [-0.2, 0) is 37.3 Å².